The third-order valence-electron chi connectivity index (χ3n) is 6.04. The summed E-state index contributed by atoms with van der Waals surface area (Å²) in [6, 6.07) is 8.21. The SMILES string of the molecule is Cc1cc(C(C)(C)C)cc(C)c1CCNC(=O)C1CCN(c2ccc(Cl)nn2)CC1. The Morgan fingerprint density at radius 3 is 2.30 bits per heavy atom. The van der Waals surface area contributed by atoms with Crippen molar-refractivity contribution in [1.29, 1.82) is 0 Å². The van der Waals surface area contributed by atoms with Crippen LogP contribution < -0.4 is 10.2 Å². The largest absolute Gasteiger partial charge is 0.356 e. The Hall–Kier alpha value is -2.14. The molecule has 6 heteroatoms. The topological polar surface area (TPSA) is 58.1 Å². The van der Waals surface area contributed by atoms with Gasteiger partial charge in [0.1, 0.15) is 0 Å². The van der Waals surface area contributed by atoms with E-state index in [-0.39, 0.29) is 17.2 Å². The van der Waals surface area contributed by atoms with Crippen LogP contribution in [0.3, 0.4) is 0 Å². The molecule has 1 fully saturated rings. The van der Waals surface area contributed by atoms with Crippen LogP contribution >= 0.6 is 11.6 Å². The maximum atomic E-state index is 12.7. The number of carbonyl (C=O) groups is 1. The molecule has 2 aromatic rings. The number of hydrogen-bond donors (Lipinski definition) is 1. The van der Waals surface area contributed by atoms with Gasteiger partial charge >= 0.3 is 0 Å². The number of piperidine rings is 1. The number of amides is 1. The highest BCUT2D eigenvalue weighted by Crippen LogP contribution is 2.27. The molecule has 1 aromatic heterocycles. The van der Waals surface area contributed by atoms with E-state index in [1.807, 2.05) is 6.07 Å². The average Bonchev–Trinajstić information content (AvgIpc) is 2.70. The van der Waals surface area contributed by atoms with Crippen molar-refractivity contribution in [2.75, 3.05) is 24.5 Å². The Bertz CT molecular complexity index is 858. The summed E-state index contributed by atoms with van der Waals surface area (Å²) in [7, 11) is 0. The van der Waals surface area contributed by atoms with Crippen molar-refractivity contribution in [3.8, 4) is 0 Å². The van der Waals surface area contributed by atoms with Gasteiger partial charge in [0.25, 0.3) is 0 Å². The first-order valence-corrected chi connectivity index (χ1v) is 11.2. The smallest absolute Gasteiger partial charge is 0.223 e. The van der Waals surface area contributed by atoms with E-state index < -0.39 is 0 Å². The summed E-state index contributed by atoms with van der Waals surface area (Å²) < 4.78 is 0. The van der Waals surface area contributed by atoms with Crippen molar-refractivity contribution in [2.45, 2.75) is 59.3 Å². The van der Waals surface area contributed by atoms with Crippen LogP contribution in [-0.2, 0) is 16.6 Å². The maximum absolute atomic E-state index is 12.7. The first-order valence-electron chi connectivity index (χ1n) is 10.8. The highest BCUT2D eigenvalue weighted by Gasteiger charge is 2.25. The van der Waals surface area contributed by atoms with Gasteiger partial charge in [0.15, 0.2) is 11.0 Å². The predicted octanol–water partition coefficient (Wildman–Crippen LogP) is 4.62. The van der Waals surface area contributed by atoms with Crippen LogP contribution in [0.15, 0.2) is 24.3 Å². The summed E-state index contributed by atoms with van der Waals surface area (Å²) in [5, 5.41) is 11.6. The summed E-state index contributed by atoms with van der Waals surface area (Å²) in [6.07, 6.45) is 2.52. The molecule has 0 spiro atoms. The fourth-order valence-electron chi connectivity index (χ4n) is 4.12. The number of nitrogens with zero attached hydrogens (tertiary/aromatic N) is 3. The molecule has 1 aliphatic rings. The maximum Gasteiger partial charge on any atom is 0.223 e. The molecule has 1 amide bonds. The number of nitrogens with one attached hydrogen (secondary N) is 1. The van der Waals surface area contributed by atoms with Crippen LogP contribution in [0, 0.1) is 19.8 Å². The van der Waals surface area contributed by atoms with E-state index in [2.05, 4.69) is 67.2 Å². The molecule has 30 heavy (non-hydrogen) atoms. The third-order valence-corrected chi connectivity index (χ3v) is 6.25. The molecule has 0 unspecified atom stereocenters. The number of rotatable bonds is 5. The number of benzene rings is 1. The van der Waals surface area contributed by atoms with Crippen molar-refractivity contribution in [3.63, 3.8) is 0 Å². The number of hydrogen-bond acceptors (Lipinski definition) is 4. The van der Waals surface area contributed by atoms with Gasteiger partial charge in [-0.15, -0.1) is 10.2 Å². The highest BCUT2D eigenvalue weighted by molar-refractivity contribution is 6.29. The van der Waals surface area contributed by atoms with Gasteiger partial charge in [-0.3, -0.25) is 4.79 Å². The minimum atomic E-state index is 0.0620. The molecule has 0 aliphatic carbocycles. The molecule has 1 aliphatic heterocycles. The monoisotopic (exact) mass is 428 g/mol. The van der Waals surface area contributed by atoms with Gasteiger partial charge in [-0.25, -0.2) is 0 Å². The van der Waals surface area contributed by atoms with Gasteiger partial charge in [-0.2, -0.15) is 0 Å². The molecule has 1 saturated heterocycles. The van der Waals surface area contributed by atoms with E-state index >= 15 is 0 Å². The molecule has 1 N–H and O–H groups in total. The predicted molar refractivity (Wildman–Crippen MR) is 123 cm³/mol. The zero-order valence-corrected chi connectivity index (χ0v) is 19.5. The Morgan fingerprint density at radius 2 is 1.77 bits per heavy atom. The van der Waals surface area contributed by atoms with Crippen LogP contribution in [0.4, 0.5) is 5.82 Å². The van der Waals surface area contributed by atoms with Crippen molar-refractivity contribution in [1.82, 2.24) is 15.5 Å². The first-order chi connectivity index (χ1) is 14.1. The molecular formula is C24H33ClN4O. The third kappa shape index (κ3) is 5.51. The summed E-state index contributed by atoms with van der Waals surface area (Å²) in [5.74, 6) is 1.05. The zero-order valence-electron chi connectivity index (χ0n) is 18.8. The molecule has 0 saturated carbocycles. The Balaban J connectivity index is 1.49. The second-order valence-corrected chi connectivity index (χ2v) is 9.74. The van der Waals surface area contributed by atoms with Crippen LogP contribution in [0.25, 0.3) is 0 Å². The van der Waals surface area contributed by atoms with E-state index in [4.69, 9.17) is 11.6 Å². The van der Waals surface area contributed by atoms with E-state index in [9.17, 15) is 4.79 Å². The van der Waals surface area contributed by atoms with E-state index in [1.165, 1.54) is 22.3 Å². The van der Waals surface area contributed by atoms with Gasteiger partial charge in [-0.05, 0) is 72.9 Å². The number of aryl methyl sites for hydroxylation is 2. The van der Waals surface area contributed by atoms with Gasteiger partial charge in [-0.1, -0.05) is 44.5 Å². The van der Waals surface area contributed by atoms with E-state index in [0.29, 0.717) is 11.7 Å². The van der Waals surface area contributed by atoms with Crippen LogP contribution in [-0.4, -0.2) is 35.7 Å². The first kappa shape index (κ1) is 22.5. The van der Waals surface area contributed by atoms with E-state index in [1.54, 1.807) is 6.07 Å². The molecule has 1 aromatic carbocycles. The average molecular weight is 429 g/mol. The van der Waals surface area contributed by atoms with Gasteiger partial charge in [0.2, 0.25) is 5.91 Å². The summed E-state index contributed by atoms with van der Waals surface area (Å²) >= 11 is 5.81. The molecule has 2 heterocycles. The molecule has 5 nitrogen and oxygen atoms in total. The molecule has 162 valence electrons. The summed E-state index contributed by atoms with van der Waals surface area (Å²) in [6.45, 7) is 13.4. The second-order valence-electron chi connectivity index (χ2n) is 9.36. The molecule has 3 rings (SSSR count). The fourth-order valence-corrected chi connectivity index (χ4v) is 4.22. The second kappa shape index (κ2) is 9.34. The van der Waals surface area contributed by atoms with Gasteiger partial charge in [0.05, 0.1) is 0 Å². The highest BCUT2D eigenvalue weighted by atomic mass is 35.5. The minimum absolute atomic E-state index is 0.0620. The Morgan fingerprint density at radius 1 is 1.13 bits per heavy atom. The molecule has 0 atom stereocenters. The van der Waals surface area contributed by atoms with Crippen LogP contribution in [0.1, 0.15) is 55.9 Å². The van der Waals surface area contributed by atoms with Crippen LogP contribution in [0.5, 0.6) is 0 Å². The van der Waals surface area contributed by atoms with Crippen molar-refractivity contribution in [2.24, 2.45) is 5.92 Å². The van der Waals surface area contributed by atoms with Gasteiger partial charge < -0.3 is 10.2 Å². The molecule has 0 bridgehead atoms. The number of anilines is 1. The lowest BCUT2D eigenvalue weighted by atomic mass is 9.83. The summed E-state index contributed by atoms with van der Waals surface area (Å²) in [5.41, 5.74) is 5.48. The fraction of sp³-hybridized carbons (Fsp3) is 0.542. The van der Waals surface area contributed by atoms with Gasteiger partial charge in [0, 0.05) is 25.6 Å². The lowest BCUT2D eigenvalue weighted by molar-refractivity contribution is -0.125. The summed E-state index contributed by atoms with van der Waals surface area (Å²) in [4.78, 5) is 14.8. The Labute approximate surface area is 185 Å². The zero-order chi connectivity index (χ0) is 21.9. The van der Waals surface area contributed by atoms with E-state index in [0.717, 1.165) is 38.2 Å². The lowest BCUT2D eigenvalue weighted by Crippen LogP contribution is -2.41. The standard InChI is InChI=1S/C24H33ClN4O/c1-16-14-19(24(3,4)5)15-17(2)20(16)8-11-26-23(30)18-9-12-29(13-10-18)22-7-6-21(25)27-28-22/h6-7,14-15,18H,8-13H2,1-5H3,(H,26,30). The van der Waals surface area contributed by atoms with Crippen molar-refractivity contribution in [3.05, 3.63) is 51.7 Å². The van der Waals surface area contributed by atoms with Crippen LogP contribution in [0.2, 0.25) is 5.15 Å². The quantitative estimate of drug-likeness (QED) is 0.754. The van der Waals surface area contributed by atoms with Crippen molar-refractivity contribution >= 4 is 23.3 Å². The number of aromatic nitrogens is 2. The minimum Gasteiger partial charge on any atom is -0.356 e. The molecule has 0 radical (unpaired) electrons. The Kier molecular flexibility index (Phi) is 7.02. The molecular weight excluding hydrogens is 396 g/mol. The normalized spacial score (nSPS) is 15.3. The number of carbonyl (C=O) groups excluding carboxylic acids is 1. The number of halogens is 1. The lowest BCUT2D eigenvalue weighted by Gasteiger charge is -2.31. The van der Waals surface area contributed by atoms with Crippen molar-refractivity contribution < 1.29 is 4.79 Å².